The van der Waals surface area contributed by atoms with Gasteiger partial charge in [0.25, 0.3) is 0 Å². The average Bonchev–Trinajstić information content (AvgIpc) is 2.96. The molecule has 46 heavy (non-hydrogen) atoms. The summed E-state index contributed by atoms with van der Waals surface area (Å²) in [6.45, 7) is 5.15. The van der Waals surface area contributed by atoms with E-state index in [-0.39, 0.29) is 21.5 Å². The molecule has 0 fully saturated rings. The maximum Gasteiger partial charge on any atom is 0.490 e. The third-order valence-electron chi connectivity index (χ3n) is 6.38. The van der Waals surface area contributed by atoms with Gasteiger partial charge in [0.05, 0.1) is 5.02 Å². The van der Waals surface area contributed by atoms with Gasteiger partial charge >= 0.3 is 12.1 Å². The molecule has 1 heterocycles. The number of alkyl halides is 3. The predicted molar refractivity (Wildman–Crippen MR) is 169 cm³/mol. The first kappa shape index (κ1) is 36.6. The highest BCUT2D eigenvalue weighted by Gasteiger charge is 2.38. The minimum absolute atomic E-state index is 0.0836. The Bertz CT molecular complexity index is 1820. The Hall–Kier alpha value is -3.91. The number of sulfonamides is 1. The third-order valence-corrected chi connectivity index (χ3v) is 8.97. The lowest BCUT2D eigenvalue weighted by molar-refractivity contribution is -0.192. The molecule has 0 unspecified atom stereocenters. The fraction of sp³-hybridized carbons (Fsp3) is 0.258. The quantitative estimate of drug-likeness (QED) is 0.173. The summed E-state index contributed by atoms with van der Waals surface area (Å²) in [7, 11) is -4.20. The number of halogens is 5. The van der Waals surface area contributed by atoms with Crippen LogP contribution in [-0.2, 0) is 32.6 Å². The van der Waals surface area contributed by atoms with Crippen LogP contribution < -0.4 is 14.8 Å². The highest BCUT2D eigenvalue weighted by atomic mass is 35.5. The molecule has 0 spiro atoms. The number of carboxylic acid groups (broad SMARTS) is 1. The van der Waals surface area contributed by atoms with Crippen LogP contribution >= 0.6 is 23.2 Å². The van der Waals surface area contributed by atoms with Gasteiger partial charge < -0.3 is 15.2 Å². The fourth-order valence-corrected chi connectivity index (χ4v) is 6.29. The van der Waals surface area contributed by atoms with Crippen LogP contribution in [0.2, 0.25) is 10.0 Å². The number of fused-ring (bicyclic) bond motifs is 1. The number of aromatic nitrogens is 1. The lowest BCUT2D eigenvalue weighted by Gasteiger charge is -2.25. The summed E-state index contributed by atoms with van der Waals surface area (Å²) in [4.78, 5) is 26.1. The van der Waals surface area contributed by atoms with Gasteiger partial charge in [-0.15, -0.1) is 0 Å². The average molecular weight is 701 g/mol. The Morgan fingerprint density at radius 3 is 2.24 bits per heavy atom. The number of hydrogen-bond donors (Lipinski definition) is 3. The van der Waals surface area contributed by atoms with E-state index in [4.69, 9.17) is 37.8 Å². The van der Waals surface area contributed by atoms with Crippen LogP contribution in [0.1, 0.15) is 30.7 Å². The van der Waals surface area contributed by atoms with E-state index >= 15 is 0 Å². The number of nitrogens with zero attached hydrogens (tertiary/aromatic N) is 1. The molecule has 3 aromatic carbocycles. The van der Waals surface area contributed by atoms with Gasteiger partial charge in [0.15, 0.2) is 0 Å². The molecule has 15 heteroatoms. The number of carboxylic acids is 1. The number of nitrogens with one attached hydrogen (secondary N) is 2. The third kappa shape index (κ3) is 9.79. The SMILES string of the molecule is Cc1ccc2cccc(OCc3c(Cl)ccc(S(=O)(=O)NC(C)(C)C(=O)NCCc4ccccc4)c3Cl)c2n1.O=C(O)C(F)(F)F. The van der Waals surface area contributed by atoms with E-state index in [1.807, 2.05) is 61.5 Å². The van der Waals surface area contributed by atoms with Gasteiger partial charge in [-0.1, -0.05) is 71.7 Å². The Balaban J connectivity index is 0.000000738. The molecule has 0 aliphatic carbocycles. The van der Waals surface area contributed by atoms with Crippen molar-refractivity contribution >= 4 is 56.0 Å². The molecule has 246 valence electrons. The molecule has 0 aliphatic heterocycles. The van der Waals surface area contributed by atoms with E-state index in [0.29, 0.717) is 29.8 Å². The van der Waals surface area contributed by atoms with Crippen LogP contribution in [0.25, 0.3) is 10.9 Å². The van der Waals surface area contributed by atoms with Crippen LogP contribution in [0.5, 0.6) is 5.75 Å². The second-order valence-electron chi connectivity index (χ2n) is 10.4. The lowest BCUT2D eigenvalue weighted by atomic mass is 10.1. The number of carbonyl (C=O) groups is 2. The standard InChI is InChI=1S/C29H29Cl2N3O4S.C2HF3O2/c1-19-12-13-21-10-7-11-24(27(21)33-19)38-18-22-23(30)14-15-25(26(22)31)39(36,37)34-29(2,3)28(35)32-17-16-20-8-5-4-6-9-20;3-2(4,5)1(6)7/h4-15,34H,16-18H2,1-3H3,(H,32,35);(H,6,7). The molecule has 3 N–H and O–H groups in total. The van der Waals surface area contributed by atoms with E-state index in [9.17, 15) is 26.4 Å². The summed E-state index contributed by atoms with van der Waals surface area (Å²) >= 11 is 13.0. The van der Waals surface area contributed by atoms with E-state index in [0.717, 1.165) is 16.6 Å². The van der Waals surface area contributed by atoms with E-state index in [1.165, 1.54) is 26.0 Å². The number of ether oxygens (including phenoxy) is 1. The highest BCUT2D eigenvalue weighted by Crippen LogP contribution is 2.33. The molecule has 0 saturated carbocycles. The highest BCUT2D eigenvalue weighted by molar-refractivity contribution is 7.89. The summed E-state index contributed by atoms with van der Waals surface area (Å²) < 4.78 is 66.9. The second kappa shape index (κ2) is 15.1. The van der Waals surface area contributed by atoms with Crippen molar-refractivity contribution in [3.05, 3.63) is 99.7 Å². The monoisotopic (exact) mass is 699 g/mol. The molecule has 0 saturated heterocycles. The molecule has 1 amide bonds. The van der Waals surface area contributed by atoms with Crippen molar-refractivity contribution in [2.24, 2.45) is 0 Å². The number of hydrogen-bond acceptors (Lipinski definition) is 6. The fourth-order valence-electron chi connectivity index (χ4n) is 4.02. The Labute approximate surface area is 273 Å². The minimum Gasteiger partial charge on any atom is -0.487 e. The zero-order valence-corrected chi connectivity index (χ0v) is 27.1. The van der Waals surface area contributed by atoms with Gasteiger partial charge in [0, 0.05) is 28.2 Å². The predicted octanol–water partition coefficient (Wildman–Crippen LogP) is 6.48. The van der Waals surface area contributed by atoms with Crippen molar-refractivity contribution < 1.29 is 41.0 Å². The van der Waals surface area contributed by atoms with Crippen LogP contribution in [0.3, 0.4) is 0 Å². The molecule has 0 atom stereocenters. The first-order valence-corrected chi connectivity index (χ1v) is 15.8. The van der Waals surface area contributed by atoms with Crippen molar-refractivity contribution in [2.75, 3.05) is 6.54 Å². The van der Waals surface area contributed by atoms with Crippen LogP contribution in [0.15, 0.2) is 77.7 Å². The normalized spacial score (nSPS) is 11.8. The zero-order valence-electron chi connectivity index (χ0n) is 24.8. The molecule has 9 nitrogen and oxygen atoms in total. The van der Waals surface area contributed by atoms with Crippen molar-refractivity contribution in [2.45, 2.75) is 50.4 Å². The largest absolute Gasteiger partial charge is 0.490 e. The Morgan fingerprint density at radius 1 is 0.957 bits per heavy atom. The molecule has 1 aromatic heterocycles. The van der Waals surface area contributed by atoms with Crippen molar-refractivity contribution in [1.82, 2.24) is 15.0 Å². The molecule has 4 rings (SSSR count). The van der Waals surface area contributed by atoms with Gasteiger partial charge in [-0.05, 0) is 57.0 Å². The van der Waals surface area contributed by atoms with Gasteiger partial charge in [-0.25, -0.2) is 18.2 Å². The molecule has 0 aliphatic rings. The summed E-state index contributed by atoms with van der Waals surface area (Å²) in [6, 6.07) is 21.8. The summed E-state index contributed by atoms with van der Waals surface area (Å²) in [6.07, 6.45) is -4.46. The number of rotatable bonds is 10. The molecule has 0 radical (unpaired) electrons. The number of para-hydroxylation sites is 1. The molecule has 0 bridgehead atoms. The number of aryl methyl sites for hydroxylation is 1. The number of carbonyl (C=O) groups excluding carboxylic acids is 1. The first-order chi connectivity index (χ1) is 21.4. The summed E-state index contributed by atoms with van der Waals surface area (Å²) in [5.41, 5.74) is 1.43. The second-order valence-corrected chi connectivity index (χ2v) is 12.9. The number of pyridine rings is 1. The minimum atomic E-state index is -5.08. The molecule has 4 aromatic rings. The molecular weight excluding hydrogens is 670 g/mol. The zero-order chi connectivity index (χ0) is 34.3. The van der Waals surface area contributed by atoms with Gasteiger partial charge in [0.1, 0.15) is 28.3 Å². The van der Waals surface area contributed by atoms with Crippen molar-refractivity contribution in [3.63, 3.8) is 0 Å². The van der Waals surface area contributed by atoms with E-state index in [1.54, 1.807) is 6.07 Å². The number of aliphatic carboxylic acids is 1. The summed E-state index contributed by atoms with van der Waals surface area (Å²) in [5, 5.41) is 11.0. The van der Waals surface area contributed by atoms with Crippen molar-refractivity contribution in [3.8, 4) is 5.75 Å². The van der Waals surface area contributed by atoms with Gasteiger partial charge in [-0.2, -0.15) is 17.9 Å². The maximum absolute atomic E-state index is 13.3. The summed E-state index contributed by atoms with van der Waals surface area (Å²) in [5.74, 6) is -2.70. The lowest BCUT2D eigenvalue weighted by Crippen LogP contribution is -2.54. The number of amides is 1. The van der Waals surface area contributed by atoms with Crippen LogP contribution in [-0.4, -0.2) is 48.6 Å². The van der Waals surface area contributed by atoms with E-state index < -0.39 is 33.6 Å². The molecular formula is C31H30Cl2F3N3O6S. The van der Waals surface area contributed by atoms with Crippen molar-refractivity contribution in [1.29, 1.82) is 0 Å². The first-order valence-electron chi connectivity index (χ1n) is 13.5. The Kier molecular flexibility index (Phi) is 12.0. The van der Waals surface area contributed by atoms with Crippen LogP contribution in [0.4, 0.5) is 13.2 Å². The van der Waals surface area contributed by atoms with Gasteiger partial charge in [-0.3, -0.25) is 4.79 Å². The van der Waals surface area contributed by atoms with E-state index in [2.05, 4.69) is 15.0 Å². The maximum atomic E-state index is 13.3. The topological polar surface area (TPSA) is 135 Å². The smallest absolute Gasteiger partial charge is 0.487 e. The number of benzene rings is 3. The van der Waals surface area contributed by atoms with Crippen LogP contribution in [0, 0.1) is 6.92 Å². The van der Waals surface area contributed by atoms with Gasteiger partial charge in [0.2, 0.25) is 15.9 Å². The Morgan fingerprint density at radius 2 is 1.61 bits per heavy atom.